The molecule has 0 unspecified atom stereocenters. The van der Waals surface area contributed by atoms with Crippen molar-refractivity contribution in [2.45, 2.75) is 26.4 Å². The van der Waals surface area contributed by atoms with Crippen molar-refractivity contribution in [3.8, 4) is 0 Å². The molecule has 1 aromatic carbocycles. The Morgan fingerprint density at radius 1 is 1.10 bits per heavy atom. The van der Waals surface area contributed by atoms with Crippen LogP contribution in [0.15, 0.2) is 18.2 Å². The summed E-state index contributed by atoms with van der Waals surface area (Å²) in [5, 5.41) is 20.0. The molecule has 12 heteroatoms. The van der Waals surface area contributed by atoms with Crippen LogP contribution in [0.4, 0.5) is 18.9 Å². The number of benzene rings is 1. The molecule has 0 fully saturated rings. The number of rotatable bonds is 9. The summed E-state index contributed by atoms with van der Waals surface area (Å²) in [5.41, 5.74) is -1.24. The fourth-order valence-electron chi connectivity index (χ4n) is 2.22. The molecule has 4 N–H and O–H groups in total. The highest BCUT2D eigenvalue weighted by molar-refractivity contribution is 6.30. The first-order valence-corrected chi connectivity index (χ1v) is 9.36. The van der Waals surface area contributed by atoms with Crippen LogP contribution in [-0.2, 0) is 20.6 Å². The van der Waals surface area contributed by atoms with Crippen molar-refractivity contribution in [2.75, 3.05) is 38.0 Å². The van der Waals surface area contributed by atoms with E-state index >= 15 is 0 Å². The van der Waals surface area contributed by atoms with Gasteiger partial charge in [-0.15, -0.1) is 0 Å². The zero-order valence-electron chi connectivity index (χ0n) is 16.6. The largest absolute Gasteiger partial charge is 0.473 e. The molecule has 0 saturated carbocycles. The van der Waals surface area contributed by atoms with E-state index in [1.165, 1.54) is 6.07 Å². The van der Waals surface area contributed by atoms with Gasteiger partial charge in [-0.3, -0.25) is 4.79 Å². The Hall–Kier alpha value is -2.37. The molecule has 0 aliphatic rings. The molecule has 0 aromatic heterocycles. The van der Waals surface area contributed by atoms with Gasteiger partial charge in [0.1, 0.15) is 0 Å². The molecule has 0 aliphatic heterocycles. The minimum absolute atomic E-state index is 0.0325. The van der Waals surface area contributed by atoms with Crippen LogP contribution in [-0.4, -0.2) is 65.7 Å². The average Bonchev–Trinajstić information content (AvgIpc) is 2.65. The minimum atomic E-state index is -4.58. The normalized spacial score (nSPS) is 10.9. The number of aliphatic carboxylic acids is 2. The number of nitrogens with zero attached hydrogens (tertiary/aromatic N) is 1. The van der Waals surface area contributed by atoms with E-state index in [9.17, 15) is 18.0 Å². The predicted octanol–water partition coefficient (Wildman–Crippen LogP) is 2.77. The number of alkyl halides is 3. The van der Waals surface area contributed by atoms with Crippen LogP contribution in [0.2, 0.25) is 5.02 Å². The van der Waals surface area contributed by atoms with Crippen molar-refractivity contribution >= 4 is 35.1 Å². The summed E-state index contributed by atoms with van der Waals surface area (Å²) in [6, 6.07) is 3.27. The van der Waals surface area contributed by atoms with Crippen LogP contribution in [0, 0.1) is 0 Å². The number of amides is 1. The van der Waals surface area contributed by atoms with Crippen molar-refractivity contribution < 1.29 is 37.8 Å². The van der Waals surface area contributed by atoms with Crippen LogP contribution in [0.5, 0.6) is 0 Å². The number of carbonyl (C=O) groups excluding carboxylic acids is 1. The summed E-state index contributed by atoms with van der Waals surface area (Å²) in [6.45, 7) is 7.58. The molecule has 0 bridgehead atoms. The first-order valence-electron chi connectivity index (χ1n) is 8.98. The lowest BCUT2D eigenvalue weighted by Crippen LogP contribution is -2.32. The van der Waals surface area contributed by atoms with Gasteiger partial charge in [0.05, 0.1) is 17.8 Å². The molecule has 8 nitrogen and oxygen atoms in total. The summed E-state index contributed by atoms with van der Waals surface area (Å²) in [7, 11) is 0. The zero-order chi connectivity index (χ0) is 23.3. The van der Waals surface area contributed by atoms with Crippen molar-refractivity contribution in [2.24, 2.45) is 0 Å². The predicted molar refractivity (Wildman–Crippen MR) is 106 cm³/mol. The molecule has 0 radical (unpaired) electrons. The molecule has 0 saturated heterocycles. The SMILES string of the molecule is CCN(CC)CCCNCC(=O)Nc1ccc(Cl)cc1C(F)(F)F.O=C(O)C(=O)O. The monoisotopic (exact) mass is 455 g/mol. The third-order valence-electron chi connectivity index (χ3n) is 3.75. The van der Waals surface area contributed by atoms with Gasteiger partial charge in [0, 0.05) is 5.02 Å². The molecule has 1 aromatic rings. The van der Waals surface area contributed by atoms with Gasteiger partial charge in [0.2, 0.25) is 5.91 Å². The van der Waals surface area contributed by atoms with Crippen molar-refractivity contribution in [3.05, 3.63) is 28.8 Å². The van der Waals surface area contributed by atoms with Crippen molar-refractivity contribution in [3.63, 3.8) is 0 Å². The second kappa shape index (κ2) is 13.8. The van der Waals surface area contributed by atoms with E-state index in [4.69, 9.17) is 31.4 Å². The lowest BCUT2D eigenvalue weighted by atomic mass is 10.1. The number of carbonyl (C=O) groups is 3. The van der Waals surface area contributed by atoms with Crippen LogP contribution in [0.3, 0.4) is 0 Å². The minimum Gasteiger partial charge on any atom is -0.473 e. The third kappa shape index (κ3) is 11.6. The lowest BCUT2D eigenvalue weighted by molar-refractivity contribution is -0.159. The Morgan fingerprint density at radius 2 is 1.67 bits per heavy atom. The first-order chi connectivity index (χ1) is 13.9. The fraction of sp³-hybridized carbons (Fsp3) is 0.500. The van der Waals surface area contributed by atoms with Gasteiger partial charge in [-0.1, -0.05) is 25.4 Å². The van der Waals surface area contributed by atoms with Crippen molar-refractivity contribution in [1.82, 2.24) is 10.2 Å². The van der Waals surface area contributed by atoms with E-state index in [-0.39, 0.29) is 17.3 Å². The Kier molecular flexibility index (Phi) is 12.7. The maximum atomic E-state index is 12.9. The van der Waals surface area contributed by atoms with Crippen LogP contribution >= 0.6 is 11.6 Å². The number of carboxylic acids is 2. The number of nitrogens with one attached hydrogen (secondary N) is 2. The zero-order valence-corrected chi connectivity index (χ0v) is 17.3. The van der Waals surface area contributed by atoms with Gasteiger partial charge in [0.15, 0.2) is 0 Å². The second-order valence-electron chi connectivity index (χ2n) is 5.90. The summed E-state index contributed by atoms with van der Waals surface area (Å²) >= 11 is 5.60. The Labute approximate surface area is 177 Å². The molecular formula is C18H25ClF3N3O5. The van der Waals surface area contributed by atoms with E-state index in [1.54, 1.807) is 0 Å². The fourth-order valence-corrected chi connectivity index (χ4v) is 2.40. The molecule has 1 amide bonds. The summed E-state index contributed by atoms with van der Waals surface area (Å²) in [5.74, 6) is -4.17. The van der Waals surface area contributed by atoms with Gasteiger partial charge in [0.25, 0.3) is 0 Å². The standard InChI is InChI=1S/C16H23ClF3N3O.C2H2O4/c1-3-23(4-2)9-5-8-21-11-15(24)22-14-7-6-12(17)10-13(14)16(18,19)20;3-1(4)2(5)6/h6-7,10,21H,3-5,8-9,11H2,1-2H3,(H,22,24);(H,3,4)(H,5,6). The van der Waals surface area contributed by atoms with Crippen LogP contribution in [0.25, 0.3) is 0 Å². The van der Waals surface area contributed by atoms with Gasteiger partial charge in [-0.05, 0) is 50.8 Å². The summed E-state index contributed by atoms with van der Waals surface area (Å²) in [4.78, 5) is 32.3. The highest BCUT2D eigenvalue weighted by Crippen LogP contribution is 2.36. The molecule has 0 atom stereocenters. The Bertz CT molecular complexity index is 701. The van der Waals surface area contributed by atoms with E-state index < -0.39 is 29.6 Å². The maximum Gasteiger partial charge on any atom is 0.418 e. The van der Waals surface area contributed by atoms with E-state index in [0.29, 0.717) is 6.54 Å². The first kappa shape index (κ1) is 27.6. The van der Waals surface area contributed by atoms with Gasteiger partial charge in [-0.2, -0.15) is 13.2 Å². The third-order valence-corrected chi connectivity index (χ3v) is 3.99. The average molecular weight is 456 g/mol. The second-order valence-corrected chi connectivity index (χ2v) is 6.34. The highest BCUT2D eigenvalue weighted by Gasteiger charge is 2.34. The van der Waals surface area contributed by atoms with Crippen LogP contribution in [0.1, 0.15) is 25.8 Å². The molecule has 0 spiro atoms. The Balaban J connectivity index is 0.00000122. The highest BCUT2D eigenvalue weighted by atomic mass is 35.5. The summed E-state index contributed by atoms with van der Waals surface area (Å²) in [6.07, 6.45) is -3.71. The molecule has 0 heterocycles. The van der Waals surface area contributed by atoms with Crippen molar-refractivity contribution in [1.29, 1.82) is 0 Å². The number of anilines is 1. The molecule has 1 rings (SSSR count). The smallest absolute Gasteiger partial charge is 0.418 e. The van der Waals surface area contributed by atoms with E-state index in [2.05, 4.69) is 29.4 Å². The quantitative estimate of drug-likeness (QED) is 0.334. The summed E-state index contributed by atoms with van der Waals surface area (Å²) < 4.78 is 38.8. The number of hydrogen-bond acceptors (Lipinski definition) is 5. The molecule has 30 heavy (non-hydrogen) atoms. The van der Waals surface area contributed by atoms with Crippen LogP contribution < -0.4 is 10.6 Å². The number of hydrogen-bond donors (Lipinski definition) is 4. The van der Waals surface area contributed by atoms with E-state index in [0.717, 1.165) is 38.2 Å². The number of carboxylic acid groups (broad SMARTS) is 2. The van der Waals surface area contributed by atoms with E-state index in [1.807, 2.05) is 0 Å². The van der Waals surface area contributed by atoms with Gasteiger partial charge < -0.3 is 25.7 Å². The Morgan fingerprint density at radius 3 is 2.13 bits per heavy atom. The molecule has 0 aliphatic carbocycles. The topological polar surface area (TPSA) is 119 Å². The van der Waals surface area contributed by atoms with Gasteiger partial charge in [-0.25, -0.2) is 9.59 Å². The maximum absolute atomic E-state index is 12.9. The molecule has 170 valence electrons. The molecular weight excluding hydrogens is 431 g/mol. The lowest BCUT2D eigenvalue weighted by Gasteiger charge is -2.17. The van der Waals surface area contributed by atoms with Gasteiger partial charge >= 0.3 is 18.1 Å². The number of halogens is 4.